The molecule has 2 aliphatic heterocycles. The number of halogens is 5. The van der Waals surface area contributed by atoms with Gasteiger partial charge in [-0.3, -0.25) is 14.6 Å². The molecule has 9 nitrogen and oxygen atoms in total. The molecular weight excluding hydrogens is 598 g/mol. The van der Waals surface area contributed by atoms with Gasteiger partial charge in [-0.25, -0.2) is 15.0 Å². The van der Waals surface area contributed by atoms with E-state index in [1.807, 2.05) is 4.90 Å². The molecule has 0 aliphatic carbocycles. The number of aromatic nitrogens is 3. The second kappa shape index (κ2) is 12.7. The predicted octanol–water partition coefficient (Wildman–Crippen LogP) is 5.74. The van der Waals surface area contributed by atoms with Crippen LogP contribution in [0.4, 0.5) is 34.3 Å². The zero-order valence-corrected chi connectivity index (χ0v) is 24.4. The molecular formula is C27H30ClF4N7O2S. The number of piperazine rings is 1. The number of carboxylic acid groups (broad SMARTS) is 1. The number of aliphatic carboxylic acids is 1. The number of hydrogen-bond acceptors (Lipinski definition) is 9. The zero-order valence-electron chi connectivity index (χ0n) is 22.8. The number of hydrogen-bond donors (Lipinski definition) is 2. The first kappa shape index (κ1) is 30.4. The van der Waals surface area contributed by atoms with E-state index < -0.39 is 23.5 Å². The van der Waals surface area contributed by atoms with E-state index >= 15 is 4.39 Å². The van der Waals surface area contributed by atoms with Crippen LogP contribution >= 0.6 is 22.9 Å². The minimum absolute atomic E-state index is 0.0388. The Morgan fingerprint density at radius 3 is 2.60 bits per heavy atom. The molecule has 15 heteroatoms. The second-order valence-corrected chi connectivity index (χ2v) is 12.0. The molecule has 0 amide bonds. The zero-order chi connectivity index (χ0) is 30.0. The van der Waals surface area contributed by atoms with Crippen LogP contribution in [-0.2, 0) is 17.5 Å². The van der Waals surface area contributed by atoms with E-state index in [-0.39, 0.29) is 33.8 Å². The van der Waals surface area contributed by atoms with Gasteiger partial charge in [-0.15, -0.1) is 0 Å². The molecule has 4 heterocycles. The fourth-order valence-electron chi connectivity index (χ4n) is 5.25. The first-order valence-electron chi connectivity index (χ1n) is 13.6. The highest BCUT2D eigenvalue weighted by Crippen LogP contribution is 2.39. The van der Waals surface area contributed by atoms with E-state index in [2.05, 4.69) is 32.1 Å². The largest absolute Gasteiger partial charge is 0.481 e. The molecule has 0 radical (unpaired) electrons. The molecule has 0 bridgehead atoms. The molecule has 3 aromatic rings. The maximum atomic E-state index is 15.6. The number of alkyl halides is 3. The number of rotatable bonds is 9. The van der Waals surface area contributed by atoms with Crippen molar-refractivity contribution in [1.29, 1.82) is 0 Å². The van der Waals surface area contributed by atoms with E-state index in [9.17, 15) is 18.0 Å². The molecule has 2 fully saturated rings. The van der Waals surface area contributed by atoms with Crippen LogP contribution in [0.25, 0.3) is 11.3 Å². The molecule has 1 aromatic carbocycles. The van der Waals surface area contributed by atoms with Crippen molar-refractivity contribution in [2.24, 2.45) is 0 Å². The molecule has 0 saturated carbocycles. The Kier molecular flexibility index (Phi) is 9.16. The van der Waals surface area contributed by atoms with Crippen molar-refractivity contribution in [1.82, 2.24) is 24.8 Å². The summed E-state index contributed by atoms with van der Waals surface area (Å²) >= 11 is 7.32. The predicted molar refractivity (Wildman–Crippen MR) is 153 cm³/mol. The summed E-state index contributed by atoms with van der Waals surface area (Å²) in [6, 6.07) is 3.67. The number of carboxylic acids is 1. The van der Waals surface area contributed by atoms with Crippen LogP contribution in [0.1, 0.15) is 36.6 Å². The lowest BCUT2D eigenvalue weighted by Crippen LogP contribution is -2.47. The summed E-state index contributed by atoms with van der Waals surface area (Å²) in [5.74, 6) is -1.53. The summed E-state index contributed by atoms with van der Waals surface area (Å²) in [4.78, 5) is 30.4. The first-order chi connectivity index (χ1) is 20.0. The lowest BCUT2D eigenvalue weighted by molar-refractivity contribution is -0.138. The van der Waals surface area contributed by atoms with Crippen LogP contribution in [-0.4, -0.2) is 81.1 Å². The molecule has 42 heavy (non-hydrogen) atoms. The van der Waals surface area contributed by atoms with Crippen molar-refractivity contribution in [3.63, 3.8) is 0 Å². The fraction of sp³-hybridized carbons (Fsp3) is 0.481. The van der Waals surface area contributed by atoms with Crippen molar-refractivity contribution in [2.45, 2.75) is 44.9 Å². The summed E-state index contributed by atoms with van der Waals surface area (Å²) in [6.45, 7) is 5.92. The Hall–Kier alpha value is -3.07. The number of likely N-dealkylation sites (tertiary alicyclic amines) is 1. The van der Waals surface area contributed by atoms with E-state index in [1.165, 1.54) is 23.7 Å². The number of thiazole rings is 1. The Morgan fingerprint density at radius 1 is 1.17 bits per heavy atom. The molecule has 2 aliphatic rings. The minimum atomic E-state index is -4.58. The molecule has 2 saturated heterocycles. The smallest absolute Gasteiger partial charge is 0.416 e. The molecule has 2 aromatic heterocycles. The van der Waals surface area contributed by atoms with Crippen LogP contribution in [0.5, 0.6) is 0 Å². The summed E-state index contributed by atoms with van der Waals surface area (Å²) in [5, 5.41) is 12.1. The van der Waals surface area contributed by atoms with Gasteiger partial charge >= 0.3 is 12.1 Å². The average Bonchev–Trinajstić information content (AvgIpc) is 3.53. The van der Waals surface area contributed by atoms with Gasteiger partial charge in [-0.2, -0.15) is 17.6 Å². The van der Waals surface area contributed by atoms with E-state index in [1.54, 1.807) is 4.90 Å². The van der Waals surface area contributed by atoms with Crippen molar-refractivity contribution in [3.05, 3.63) is 45.8 Å². The third-order valence-corrected chi connectivity index (χ3v) is 8.72. The highest BCUT2D eigenvalue weighted by Gasteiger charge is 2.32. The van der Waals surface area contributed by atoms with Gasteiger partial charge in [0.25, 0.3) is 0 Å². The van der Waals surface area contributed by atoms with Crippen LogP contribution in [0.3, 0.4) is 0 Å². The Bertz CT molecular complexity index is 1430. The maximum Gasteiger partial charge on any atom is 0.416 e. The van der Waals surface area contributed by atoms with Crippen LogP contribution < -0.4 is 10.2 Å². The van der Waals surface area contributed by atoms with Gasteiger partial charge < -0.3 is 15.3 Å². The van der Waals surface area contributed by atoms with Gasteiger partial charge in [0, 0.05) is 60.8 Å². The quantitative estimate of drug-likeness (QED) is 0.288. The van der Waals surface area contributed by atoms with Crippen molar-refractivity contribution >= 4 is 45.7 Å². The van der Waals surface area contributed by atoms with Gasteiger partial charge in [0.1, 0.15) is 6.33 Å². The fourth-order valence-corrected chi connectivity index (χ4v) is 6.49. The highest BCUT2D eigenvalue weighted by molar-refractivity contribution is 7.16. The van der Waals surface area contributed by atoms with Crippen LogP contribution in [0, 0.1) is 5.82 Å². The summed E-state index contributed by atoms with van der Waals surface area (Å²) < 4.78 is 56.4. The average molecular weight is 628 g/mol. The summed E-state index contributed by atoms with van der Waals surface area (Å²) in [7, 11) is 0. The number of nitrogens with one attached hydrogen (secondary N) is 1. The maximum absolute atomic E-state index is 15.6. The van der Waals surface area contributed by atoms with Gasteiger partial charge in [0.15, 0.2) is 16.8 Å². The van der Waals surface area contributed by atoms with E-state index in [0.717, 1.165) is 36.4 Å². The molecule has 1 atom stereocenters. The van der Waals surface area contributed by atoms with Gasteiger partial charge in [-0.05, 0) is 44.5 Å². The van der Waals surface area contributed by atoms with Gasteiger partial charge in [0.2, 0.25) is 5.82 Å². The monoisotopic (exact) mass is 627 g/mol. The van der Waals surface area contributed by atoms with Crippen LogP contribution in [0.15, 0.2) is 24.5 Å². The number of carbonyl (C=O) groups is 1. The molecule has 0 spiro atoms. The molecule has 0 unspecified atom stereocenters. The van der Waals surface area contributed by atoms with Crippen LogP contribution in [0.2, 0.25) is 5.02 Å². The normalized spacial score (nSPS) is 18.5. The van der Waals surface area contributed by atoms with Crippen molar-refractivity contribution in [2.75, 3.05) is 49.5 Å². The van der Waals surface area contributed by atoms with Crippen molar-refractivity contribution in [3.8, 4) is 11.3 Å². The molecule has 2 N–H and O–H groups in total. The molecule has 226 valence electrons. The van der Waals surface area contributed by atoms with Crippen molar-refractivity contribution < 1.29 is 27.5 Å². The lowest BCUT2D eigenvalue weighted by Gasteiger charge is -2.35. The Morgan fingerprint density at radius 2 is 1.93 bits per heavy atom. The van der Waals surface area contributed by atoms with Gasteiger partial charge in [0.05, 0.1) is 17.7 Å². The minimum Gasteiger partial charge on any atom is -0.481 e. The summed E-state index contributed by atoms with van der Waals surface area (Å²) in [5.41, 5.74) is -0.296. The van der Waals surface area contributed by atoms with E-state index in [0.29, 0.717) is 51.0 Å². The highest BCUT2D eigenvalue weighted by atomic mass is 35.5. The van der Waals surface area contributed by atoms with E-state index in [4.69, 9.17) is 16.7 Å². The summed E-state index contributed by atoms with van der Waals surface area (Å²) in [6.07, 6.45) is -1.25. The topological polar surface area (TPSA) is 97.7 Å². The standard InChI is InChI=1S/C27H30ClF4N7O2S/c1-16-3-2-5-39(16)14-20-23(17-11-18(27(30,31)32)13-19(28)12-17)35-26(42-20)36-24-22(29)25(34-15-33-24)38-9-7-37(8-10-38)6-4-21(40)41/h11-13,15-16H,2-10,14H2,1H3,(H,40,41)(H,33,34,35,36)/t16-/m1/s1. The van der Waals surface area contributed by atoms with Gasteiger partial charge in [-0.1, -0.05) is 22.9 Å². The number of anilines is 3. The Balaban J connectivity index is 1.41. The number of nitrogens with zero attached hydrogens (tertiary/aromatic N) is 6. The number of benzene rings is 1. The third kappa shape index (κ3) is 7.10. The third-order valence-electron chi connectivity index (χ3n) is 7.54. The first-order valence-corrected chi connectivity index (χ1v) is 14.8. The Labute approximate surface area is 249 Å². The second-order valence-electron chi connectivity index (χ2n) is 10.4. The SMILES string of the molecule is C[C@@H]1CCCN1Cc1sc(Nc2ncnc(N3CCN(CCC(=O)O)CC3)c2F)nc1-c1cc(Cl)cc(C(F)(F)F)c1. The molecule has 5 rings (SSSR count). The lowest BCUT2D eigenvalue weighted by atomic mass is 10.1.